The first kappa shape index (κ1) is 32.9. The summed E-state index contributed by atoms with van der Waals surface area (Å²) < 4.78 is 8.43. The Morgan fingerprint density at radius 2 is 1.59 bits per heavy atom. The zero-order valence-corrected chi connectivity index (χ0v) is 27.4. The Hall–Kier alpha value is -1.02. The number of amides is 1. The minimum absolute atomic E-state index is 0. The number of nitrogens with one attached hydrogen (secondary N) is 3. The number of carbonyl (C=O) groups excluding carboxylic acids is 1. The second kappa shape index (κ2) is 13.3. The molecule has 7 rings (SSSR count). The fourth-order valence-corrected chi connectivity index (χ4v) is 9.62. The minimum atomic E-state index is 0. The molecule has 1 saturated heterocycles. The lowest BCUT2D eigenvalue weighted by Crippen LogP contribution is -2.61. The zero-order valence-electron chi connectivity index (χ0n) is 25.8. The van der Waals surface area contributed by atoms with Gasteiger partial charge in [-0.2, -0.15) is 5.10 Å². The van der Waals surface area contributed by atoms with Gasteiger partial charge in [0.05, 0.1) is 19.3 Å². The van der Waals surface area contributed by atoms with E-state index in [9.17, 15) is 4.79 Å². The molecule has 0 atom stereocenters. The summed E-state index contributed by atoms with van der Waals surface area (Å²) in [6, 6.07) is 0.784. The average molecular weight is 613 g/mol. The molecule has 1 aliphatic heterocycles. The number of carbonyl (C=O) groups is 1. The summed E-state index contributed by atoms with van der Waals surface area (Å²) >= 11 is 0. The van der Waals surface area contributed by atoms with Crippen molar-refractivity contribution in [2.75, 3.05) is 13.2 Å². The highest BCUT2D eigenvalue weighted by Crippen LogP contribution is 2.53. The van der Waals surface area contributed by atoms with Crippen LogP contribution in [0.1, 0.15) is 115 Å². The Bertz CT molecular complexity index is 978. The second-order valence-electron chi connectivity index (χ2n) is 15.3. The molecule has 2 heterocycles. The monoisotopic (exact) mass is 611 g/mol. The molecule has 9 heteroatoms. The molecule has 1 aromatic heterocycles. The van der Waals surface area contributed by atoms with E-state index < -0.39 is 0 Å². The van der Waals surface area contributed by atoms with E-state index in [1.54, 1.807) is 6.20 Å². The van der Waals surface area contributed by atoms with Gasteiger partial charge in [0.1, 0.15) is 5.56 Å². The predicted octanol–water partition coefficient (Wildman–Crippen LogP) is 6.14. The average Bonchev–Trinajstić information content (AvgIpc) is 3.26. The van der Waals surface area contributed by atoms with E-state index in [0.717, 1.165) is 31.2 Å². The molecule has 5 aliphatic carbocycles. The Kier molecular flexibility index (Phi) is 10.7. The van der Waals surface area contributed by atoms with Crippen molar-refractivity contribution in [3.05, 3.63) is 11.8 Å². The molecule has 0 radical (unpaired) electrons. The van der Waals surface area contributed by atoms with Gasteiger partial charge in [-0.05, 0) is 115 Å². The van der Waals surface area contributed by atoms with Crippen LogP contribution < -0.4 is 20.7 Å². The summed E-state index contributed by atoms with van der Waals surface area (Å²) in [6.45, 7) is 11.4. The van der Waals surface area contributed by atoms with E-state index in [1.807, 2.05) is 4.68 Å². The van der Waals surface area contributed by atoms with Crippen LogP contribution in [0.4, 0.5) is 0 Å². The quantitative estimate of drug-likeness (QED) is 0.312. The maximum atomic E-state index is 13.7. The summed E-state index contributed by atoms with van der Waals surface area (Å²) in [5, 5.41) is 15.8. The Morgan fingerprint density at radius 3 is 2.20 bits per heavy atom. The van der Waals surface area contributed by atoms with Crippen molar-refractivity contribution in [1.82, 2.24) is 25.7 Å². The third kappa shape index (κ3) is 7.74. The normalized spacial score (nSPS) is 32.1. The van der Waals surface area contributed by atoms with Gasteiger partial charge in [-0.3, -0.25) is 4.79 Å². The number of ether oxygens (including phenoxy) is 1. The number of rotatable bonds is 9. The largest absolute Gasteiger partial charge is 0.477 e. The van der Waals surface area contributed by atoms with Gasteiger partial charge < -0.3 is 20.7 Å². The molecule has 234 valence electrons. The first-order valence-corrected chi connectivity index (χ1v) is 16.2. The first-order chi connectivity index (χ1) is 18.6. The highest BCUT2D eigenvalue weighted by Gasteiger charge is 2.49. The molecule has 4 bridgehead atoms. The van der Waals surface area contributed by atoms with Crippen LogP contribution in [0.2, 0.25) is 0 Å². The van der Waals surface area contributed by atoms with Gasteiger partial charge in [0.15, 0.2) is 0 Å². The molecular weight excluding hydrogens is 557 g/mol. The molecule has 5 saturated carbocycles. The molecule has 7 nitrogen and oxygen atoms in total. The third-order valence-corrected chi connectivity index (χ3v) is 10.7. The van der Waals surface area contributed by atoms with Crippen molar-refractivity contribution in [2.24, 2.45) is 29.6 Å². The summed E-state index contributed by atoms with van der Waals surface area (Å²) in [5.74, 6) is 4.41. The van der Waals surface area contributed by atoms with E-state index >= 15 is 0 Å². The number of hydrogen-bond donors (Lipinski definition) is 3. The van der Waals surface area contributed by atoms with Crippen molar-refractivity contribution in [1.29, 1.82) is 0 Å². The number of piperidine rings is 1. The van der Waals surface area contributed by atoms with Crippen LogP contribution in [0.5, 0.6) is 5.88 Å². The SMILES string of the molecule is CC1(C)CC(NCCn2ncc(C(=O)NC3C4CC5CC(C4)CC3C5)c2OCC2CCCCC2)CC(C)(C)N1.Cl.Cl. The van der Waals surface area contributed by atoms with Crippen LogP contribution >= 0.6 is 24.8 Å². The minimum Gasteiger partial charge on any atom is -0.477 e. The van der Waals surface area contributed by atoms with E-state index in [4.69, 9.17) is 9.84 Å². The van der Waals surface area contributed by atoms with Crippen molar-refractivity contribution in [3.8, 4) is 5.88 Å². The topological polar surface area (TPSA) is 80.2 Å². The van der Waals surface area contributed by atoms with Crippen molar-refractivity contribution in [3.63, 3.8) is 0 Å². The van der Waals surface area contributed by atoms with Crippen molar-refractivity contribution in [2.45, 2.75) is 134 Å². The second-order valence-corrected chi connectivity index (χ2v) is 15.3. The maximum absolute atomic E-state index is 13.7. The molecule has 3 N–H and O–H groups in total. The maximum Gasteiger partial charge on any atom is 0.258 e. The summed E-state index contributed by atoms with van der Waals surface area (Å²) in [5.41, 5.74) is 0.856. The van der Waals surface area contributed by atoms with Crippen molar-refractivity contribution < 1.29 is 9.53 Å². The van der Waals surface area contributed by atoms with Crippen LogP contribution in [-0.2, 0) is 6.54 Å². The lowest BCUT2D eigenvalue weighted by Gasteiger charge is -2.54. The van der Waals surface area contributed by atoms with Crippen LogP contribution in [0, 0.1) is 29.6 Å². The van der Waals surface area contributed by atoms with Gasteiger partial charge in [0.25, 0.3) is 5.91 Å². The fraction of sp³-hybridized carbons (Fsp3) is 0.875. The lowest BCUT2D eigenvalue weighted by atomic mass is 9.54. The van der Waals surface area contributed by atoms with E-state index in [0.29, 0.717) is 54.4 Å². The Labute approximate surface area is 260 Å². The fourth-order valence-electron chi connectivity index (χ4n) is 9.62. The Balaban J connectivity index is 0.00000194. The van der Waals surface area contributed by atoms with Gasteiger partial charge in [-0.25, -0.2) is 4.68 Å². The summed E-state index contributed by atoms with van der Waals surface area (Å²) in [7, 11) is 0. The molecular formula is C32H55Cl2N5O2. The third-order valence-electron chi connectivity index (χ3n) is 10.7. The molecule has 0 spiro atoms. The van der Waals surface area contributed by atoms with Gasteiger partial charge in [-0.15, -0.1) is 24.8 Å². The van der Waals surface area contributed by atoms with Crippen LogP contribution in [0.25, 0.3) is 0 Å². The summed E-state index contributed by atoms with van der Waals surface area (Å²) in [6.07, 6.45) is 17.0. The molecule has 0 aromatic carbocycles. The van der Waals surface area contributed by atoms with Crippen LogP contribution in [0.15, 0.2) is 6.20 Å². The smallest absolute Gasteiger partial charge is 0.258 e. The molecule has 0 unspecified atom stereocenters. The van der Waals surface area contributed by atoms with Crippen molar-refractivity contribution >= 4 is 30.7 Å². The Morgan fingerprint density at radius 1 is 0.976 bits per heavy atom. The predicted molar refractivity (Wildman–Crippen MR) is 169 cm³/mol. The molecule has 1 amide bonds. The van der Waals surface area contributed by atoms with Gasteiger partial charge in [0.2, 0.25) is 5.88 Å². The van der Waals surface area contributed by atoms with Crippen LogP contribution in [-0.4, -0.2) is 52.0 Å². The van der Waals surface area contributed by atoms with E-state index in [-0.39, 0.29) is 41.8 Å². The van der Waals surface area contributed by atoms with E-state index in [2.05, 4.69) is 43.6 Å². The molecule has 6 fully saturated rings. The number of hydrogen-bond acceptors (Lipinski definition) is 5. The number of nitrogens with zero attached hydrogens (tertiary/aromatic N) is 2. The molecule has 41 heavy (non-hydrogen) atoms. The van der Waals surface area contributed by atoms with Gasteiger partial charge >= 0.3 is 0 Å². The lowest BCUT2D eigenvalue weighted by molar-refractivity contribution is -0.0120. The molecule has 6 aliphatic rings. The highest BCUT2D eigenvalue weighted by atomic mass is 35.5. The van der Waals surface area contributed by atoms with Crippen LogP contribution in [0.3, 0.4) is 0 Å². The van der Waals surface area contributed by atoms with Gasteiger partial charge in [0, 0.05) is 29.7 Å². The standard InChI is InChI=1S/C32H53N5O2.2ClH/c1-31(2)17-26(18-32(3,4)36-31)33-10-11-37-30(39-20-21-8-6-5-7-9-21)27(19-34-37)29(38)35-28-24-13-22-12-23(15-24)16-25(28)14-22;;/h19,21-26,28,33,36H,5-18,20H2,1-4H3,(H,35,38);2*1H. The molecule has 1 aromatic rings. The highest BCUT2D eigenvalue weighted by molar-refractivity contribution is 5.96. The first-order valence-electron chi connectivity index (χ1n) is 16.2. The number of aromatic nitrogens is 2. The number of halogens is 2. The van der Waals surface area contributed by atoms with Gasteiger partial charge in [-0.1, -0.05) is 19.3 Å². The van der Waals surface area contributed by atoms with E-state index in [1.165, 1.54) is 64.2 Å². The summed E-state index contributed by atoms with van der Waals surface area (Å²) in [4.78, 5) is 13.7. The zero-order chi connectivity index (χ0) is 27.2.